The third kappa shape index (κ3) is 3.42. The summed E-state index contributed by atoms with van der Waals surface area (Å²) in [5, 5.41) is 8.75. The summed E-state index contributed by atoms with van der Waals surface area (Å²) < 4.78 is 1.51. The number of nitrogens with two attached hydrogens (primary N) is 1. The number of fused-ring (bicyclic) bond motifs is 1. The molecule has 10 heteroatoms. The number of amides is 1. The molecule has 2 aromatic heterocycles. The van der Waals surface area contributed by atoms with Gasteiger partial charge in [-0.3, -0.25) is 9.59 Å². The third-order valence-corrected chi connectivity index (χ3v) is 2.80. The first-order valence-corrected chi connectivity index (χ1v) is 5.93. The number of nitrogen functional groups attached to an aromatic ring is 1. The van der Waals surface area contributed by atoms with Gasteiger partial charge in [0.05, 0.1) is 6.33 Å². The van der Waals surface area contributed by atoms with Crippen LogP contribution < -0.4 is 11.9 Å². The lowest BCUT2D eigenvalue weighted by Gasteiger charge is -2.18. The van der Waals surface area contributed by atoms with E-state index < -0.39 is 5.97 Å². The zero-order chi connectivity index (χ0) is 14.7. The van der Waals surface area contributed by atoms with Gasteiger partial charge in [0.25, 0.3) is 0 Å². The van der Waals surface area contributed by atoms with Gasteiger partial charge in [0, 0.05) is 6.54 Å². The van der Waals surface area contributed by atoms with Crippen LogP contribution in [0, 0.1) is 0 Å². The summed E-state index contributed by atoms with van der Waals surface area (Å²) in [5.74, 6) is -1.15. The molecule has 0 aliphatic carbocycles. The molecule has 2 rings (SSSR count). The van der Waals surface area contributed by atoms with E-state index in [1.54, 1.807) is 6.92 Å². The Hall–Kier alpha value is -2.75. The van der Waals surface area contributed by atoms with Crippen LogP contribution in [0.25, 0.3) is 11.2 Å². The minimum atomic E-state index is -1.05. The van der Waals surface area contributed by atoms with Crippen molar-refractivity contribution < 1.29 is 14.7 Å². The van der Waals surface area contributed by atoms with Crippen molar-refractivity contribution in [3.05, 3.63) is 12.7 Å². The minimum Gasteiger partial charge on any atom is -0.480 e. The topological polar surface area (TPSA) is 162 Å². The Morgan fingerprint density at radius 2 is 2.10 bits per heavy atom. The van der Waals surface area contributed by atoms with Gasteiger partial charge in [0.2, 0.25) is 5.91 Å². The number of carboxylic acids is 1. The Balaban J connectivity index is 0.00000220. The zero-order valence-corrected chi connectivity index (χ0v) is 11.6. The van der Waals surface area contributed by atoms with Gasteiger partial charge in [0.1, 0.15) is 24.9 Å². The maximum Gasteiger partial charge on any atom is 0.323 e. The highest BCUT2D eigenvalue weighted by atomic mass is 16.4. The Kier molecular flexibility index (Phi) is 5.13. The molecule has 114 valence electrons. The number of nitrogens with zero attached hydrogens (tertiary/aromatic N) is 5. The van der Waals surface area contributed by atoms with E-state index in [1.807, 2.05) is 0 Å². The van der Waals surface area contributed by atoms with Crippen molar-refractivity contribution >= 4 is 28.9 Å². The summed E-state index contributed by atoms with van der Waals surface area (Å²) in [6, 6.07) is 0. The molecule has 0 unspecified atom stereocenters. The monoisotopic (exact) mass is 295 g/mol. The fourth-order valence-corrected chi connectivity index (χ4v) is 1.80. The number of carboxylic acid groups (broad SMARTS) is 1. The van der Waals surface area contributed by atoms with E-state index in [4.69, 9.17) is 10.8 Å². The van der Waals surface area contributed by atoms with E-state index in [-0.39, 0.29) is 31.0 Å². The van der Waals surface area contributed by atoms with Crippen LogP contribution in [0.1, 0.15) is 6.92 Å². The van der Waals surface area contributed by atoms with Crippen LogP contribution in [0.15, 0.2) is 12.7 Å². The molecule has 21 heavy (non-hydrogen) atoms. The fraction of sp³-hybridized carbons (Fsp3) is 0.364. The summed E-state index contributed by atoms with van der Waals surface area (Å²) in [6.45, 7) is 1.65. The van der Waals surface area contributed by atoms with Crippen LogP contribution in [0.3, 0.4) is 0 Å². The summed E-state index contributed by atoms with van der Waals surface area (Å²) >= 11 is 0. The van der Waals surface area contributed by atoms with Crippen molar-refractivity contribution in [3.63, 3.8) is 0 Å². The summed E-state index contributed by atoms with van der Waals surface area (Å²) in [4.78, 5) is 35.8. The van der Waals surface area contributed by atoms with Gasteiger partial charge < -0.3 is 26.5 Å². The summed E-state index contributed by atoms with van der Waals surface area (Å²) in [7, 11) is 0. The summed E-state index contributed by atoms with van der Waals surface area (Å²) in [5.41, 5.74) is 6.51. The van der Waals surface area contributed by atoms with Crippen molar-refractivity contribution in [1.82, 2.24) is 30.6 Å². The van der Waals surface area contributed by atoms with Crippen LogP contribution in [0.5, 0.6) is 0 Å². The van der Waals surface area contributed by atoms with Gasteiger partial charge >= 0.3 is 5.97 Å². The average Bonchev–Trinajstić information content (AvgIpc) is 2.80. The standard InChI is InChI=1S/C11H14N6O3.H3N/c1-2-16(4-8(19)20)7(18)3-17-6-15-9-10(12)13-5-14-11(9)17;/h5-6H,2-4H2,1H3,(H,19,20)(H2,12,13,14);1H3. The Morgan fingerprint density at radius 3 is 2.71 bits per heavy atom. The highest BCUT2D eigenvalue weighted by Gasteiger charge is 2.17. The number of anilines is 1. The second-order valence-corrected chi connectivity index (χ2v) is 4.11. The number of carbonyl (C=O) groups is 2. The largest absolute Gasteiger partial charge is 0.480 e. The molecule has 0 aliphatic rings. The van der Waals surface area contributed by atoms with Crippen LogP contribution in [0.2, 0.25) is 0 Å². The van der Waals surface area contributed by atoms with E-state index in [1.165, 1.54) is 22.1 Å². The SMILES string of the molecule is CCN(CC(=O)O)C(=O)Cn1cnc2c(N)ncnc21.N. The molecule has 0 radical (unpaired) electrons. The van der Waals surface area contributed by atoms with Crippen molar-refractivity contribution in [3.8, 4) is 0 Å². The van der Waals surface area contributed by atoms with Crippen LogP contribution >= 0.6 is 0 Å². The van der Waals surface area contributed by atoms with E-state index in [9.17, 15) is 9.59 Å². The normalized spacial score (nSPS) is 10.1. The first kappa shape index (κ1) is 16.3. The first-order valence-electron chi connectivity index (χ1n) is 5.93. The number of carbonyl (C=O) groups excluding carboxylic acids is 1. The molecule has 10 nitrogen and oxygen atoms in total. The van der Waals surface area contributed by atoms with Crippen molar-refractivity contribution in [2.45, 2.75) is 13.5 Å². The molecule has 1 amide bonds. The predicted octanol–water partition coefficient (Wildman–Crippen LogP) is -0.496. The molecule has 0 atom stereocenters. The molecule has 6 N–H and O–H groups in total. The average molecular weight is 295 g/mol. The lowest BCUT2D eigenvalue weighted by molar-refractivity contribution is -0.144. The number of likely N-dealkylation sites (N-methyl/N-ethyl adjacent to an activating group) is 1. The number of aromatic nitrogens is 4. The second kappa shape index (κ2) is 6.61. The van der Waals surface area contributed by atoms with E-state index in [2.05, 4.69) is 15.0 Å². The molecule has 0 aromatic carbocycles. The maximum atomic E-state index is 12.0. The number of hydrogen-bond donors (Lipinski definition) is 3. The van der Waals surface area contributed by atoms with Crippen molar-refractivity contribution in [2.24, 2.45) is 0 Å². The second-order valence-electron chi connectivity index (χ2n) is 4.11. The molecule has 0 aliphatic heterocycles. The highest BCUT2D eigenvalue weighted by Crippen LogP contribution is 2.14. The van der Waals surface area contributed by atoms with Gasteiger partial charge in [-0.25, -0.2) is 15.0 Å². The lowest BCUT2D eigenvalue weighted by Crippen LogP contribution is -2.37. The molecule has 0 spiro atoms. The van der Waals surface area contributed by atoms with Crippen molar-refractivity contribution in [2.75, 3.05) is 18.8 Å². The zero-order valence-electron chi connectivity index (χ0n) is 11.6. The molecular weight excluding hydrogens is 278 g/mol. The lowest BCUT2D eigenvalue weighted by atomic mass is 10.4. The molecule has 0 fully saturated rings. The summed E-state index contributed by atoms with van der Waals surface area (Å²) in [6.07, 6.45) is 2.72. The first-order chi connectivity index (χ1) is 9.52. The Bertz CT molecular complexity index is 654. The number of aliphatic carboxylic acids is 1. The van der Waals surface area contributed by atoms with Gasteiger partial charge in [-0.05, 0) is 6.92 Å². The van der Waals surface area contributed by atoms with Crippen LogP contribution in [0.4, 0.5) is 5.82 Å². The minimum absolute atomic E-state index is 0. The quantitative estimate of drug-likeness (QED) is 0.664. The molecule has 0 saturated carbocycles. The molecular formula is C11H17N7O3. The van der Waals surface area contributed by atoms with E-state index in [0.29, 0.717) is 17.7 Å². The molecule has 2 aromatic rings. The van der Waals surface area contributed by atoms with Gasteiger partial charge in [0.15, 0.2) is 11.5 Å². The number of rotatable bonds is 5. The van der Waals surface area contributed by atoms with Gasteiger partial charge in [-0.15, -0.1) is 0 Å². The highest BCUT2D eigenvalue weighted by molar-refractivity contribution is 5.84. The third-order valence-electron chi connectivity index (χ3n) is 2.80. The molecule has 0 saturated heterocycles. The number of imidazole rings is 1. The van der Waals surface area contributed by atoms with E-state index in [0.717, 1.165) is 0 Å². The van der Waals surface area contributed by atoms with Crippen LogP contribution in [-0.2, 0) is 16.1 Å². The van der Waals surface area contributed by atoms with Crippen molar-refractivity contribution in [1.29, 1.82) is 0 Å². The Labute approximate surface area is 120 Å². The number of hydrogen-bond acceptors (Lipinski definition) is 7. The maximum absolute atomic E-state index is 12.0. The molecule has 2 heterocycles. The predicted molar refractivity (Wildman–Crippen MR) is 74.6 cm³/mol. The van der Waals surface area contributed by atoms with Gasteiger partial charge in [-0.1, -0.05) is 0 Å². The smallest absolute Gasteiger partial charge is 0.323 e. The van der Waals surface area contributed by atoms with Gasteiger partial charge in [-0.2, -0.15) is 0 Å². The van der Waals surface area contributed by atoms with E-state index >= 15 is 0 Å². The molecule has 0 bridgehead atoms. The van der Waals surface area contributed by atoms with Crippen LogP contribution in [-0.4, -0.2) is 54.5 Å². The Morgan fingerprint density at radius 1 is 1.38 bits per heavy atom. The fourth-order valence-electron chi connectivity index (χ4n) is 1.80.